The van der Waals surface area contributed by atoms with Gasteiger partial charge in [0.15, 0.2) is 0 Å². The number of nitriles is 1. The first-order chi connectivity index (χ1) is 8.97. The Morgan fingerprint density at radius 2 is 2.11 bits per heavy atom. The second-order valence-electron chi connectivity index (χ2n) is 4.45. The van der Waals surface area contributed by atoms with Gasteiger partial charge in [0.25, 0.3) is 5.69 Å². The summed E-state index contributed by atoms with van der Waals surface area (Å²) in [4.78, 5) is 22.1. The van der Waals surface area contributed by atoms with E-state index in [-0.39, 0.29) is 18.2 Å². The van der Waals surface area contributed by atoms with Gasteiger partial charge in [-0.3, -0.25) is 14.9 Å². The molecule has 0 saturated heterocycles. The highest BCUT2D eigenvalue weighted by molar-refractivity contribution is 5.81. The minimum atomic E-state index is -0.747. The quantitative estimate of drug-likeness (QED) is 0.647. The molecule has 0 fully saturated rings. The molecule has 1 N–H and O–H groups in total. The van der Waals surface area contributed by atoms with E-state index in [1.54, 1.807) is 32.0 Å². The van der Waals surface area contributed by atoms with Gasteiger partial charge in [-0.2, -0.15) is 5.26 Å². The van der Waals surface area contributed by atoms with Gasteiger partial charge in [0, 0.05) is 18.2 Å². The van der Waals surface area contributed by atoms with E-state index in [1.807, 2.05) is 6.07 Å². The summed E-state index contributed by atoms with van der Waals surface area (Å²) in [6.45, 7) is 3.59. The average molecular weight is 261 g/mol. The first-order valence-corrected chi connectivity index (χ1v) is 5.87. The van der Waals surface area contributed by atoms with Crippen molar-refractivity contribution in [2.75, 3.05) is 0 Å². The lowest BCUT2D eigenvalue weighted by Crippen LogP contribution is -2.32. The van der Waals surface area contributed by atoms with Crippen LogP contribution in [0.4, 0.5) is 5.69 Å². The van der Waals surface area contributed by atoms with Crippen LogP contribution in [0.2, 0.25) is 0 Å². The predicted molar refractivity (Wildman–Crippen MR) is 68.9 cm³/mol. The Labute approximate surface area is 111 Å². The fraction of sp³-hybridized carbons (Fsp3) is 0.385. The van der Waals surface area contributed by atoms with Crippen molar-refractivity contribution in [3.05, 3.63) is 39.9 Å². The molecule has 0 aliphatic rings. The van der Waals surface area contributed by atoms with Gasteiger partial charge in [-0.05, 0) is 5.92 Å². The molecule has 0 aromatic heterocycles. The molecule has 1 amide bonds. The molecule has 1 atom stereocenters. The van der Waals surface area contributed by atoms with Crippen LogP contribution in [0.15, 0.2) is 24.3 Å². The molecule has 100 valence electrons. The van der Waals surface area contributed by atoms with Gasteiger partial charge >= 0.3 is 0 Å². The molecule has 0 spiro atoms. The molecule has 1 unspecified atom stereocenters. The van der Waals surface area contributed by atoms with Crippen LogP contribution >= 0.6 is 0 Å². The van der Waals surface area contributed by atoms with Crippen molar-refractivity contribution in [1.29, 1.82) is 5.26 Å². The molecule has 0 saturated carbocycles. The molecule has 0 radical (unpaired) electrons. The number of nitro groups is 1. The van der Waals surface area contributed by atoms with Gasteiger partial charge in [-0.25, -0.2) is 0 Å². The number of nitro benzene ring substituents is 1. The fourth-order valence-electron chi connectivity index (χ4n) is 1.64. The maximum atomic E-state index is 11.8. The van der Waals surface area contributed by atoms with Crippen LogP contribution in [0.3, 0.4) is 0 Å². The number of para-hydroxylation sites is 1. The zero-order valence-electron chi connectivity index (χ0n) is 10.8. The summed E-state index contributed by atoms with van der Waals surface area (Å²) in [5.74, 6) is -1.26. The molecule has 6 heteroatoms. The number of hydrogen-bond donors (Lipinski definition) is 1. The Kier molecular flexibility index (Phi) is 5.01. The third kappa shape index (κ3) is 3.78. The lowest BCUT2D eigenvalue weighted by atomic mass is 9.96. The van der Waals surface area contributed by atoms with E-state index in [2.05, 4.69) is 5.32 Å². The second kappa shape index (κ2) is 6.50. The number of carbonyl (C=O) groups excluding carboxylic acids is 1. The van der Waals surface area contributed by atoms with E-state index >= 15 is 0 Å². The Morgan fingerprint density at radius 3 is 2.63 bits per heavy atom. The lowest BCUT2D eigenvalue weighted by molar-refractivity contribution is -0.385. The summed E-state index contributed by atoms with van der Waals surface area (Å²) < 4.78 is 0. The number of amides is 1. The topological polar surface area (TPSA) is 96.0 Å². The van der Waals surface area contributed by atoms with Crippen LogP contribution in [0.25, 0.3) is 0 Å². The van der Waals surface area contributed by atoms with Crippen LogP contribution in [-0.2, 0) is 11.3 Å². The number of hydrogen-bond acceptors (Lipinski definition) is 4. The standard InChI is InChI=1S/C13H15N3O3/c1-9(2)11(7-14)13(17)15-8-10-5-3-4-6-12(10)16(18)19/h3-6,9,11H,8H2,1-2H3,(H,15,17). The highest BCUT2D eigenvalue weighted by Crippen LogP contribution is 2.17. The number of carbonyl (C=O) groups is 1. The summed E-state index contributed by atoms with van der Waals surface area (Å²) in [7, 11) is 0. The molecule has 0 aliphatic heterocycles. The Balaban J connectivity index is 2.75. The van der Waals surface area contributed by atoms with Gasteiger partial charge in [-0.15, -0.1) is 0 Å². The summed E-state index contributed by atoms with van der Waals surface area (Å²) in [5, 5.41) is 22.3. The number of nitrogens with one attached hydrogen (secondary N) is 1. The summed E-state index contributed by atoms with van der Waals surface area (Å²) in [6.07, 6.45) is 0. The first kappa shape index (κ1) is 14.6. The van der Waals surface area contributed by atoms with Crippen molar-refractivity contribution in [3.63, 3.8) is 0 Å². The maximum Gasteiger partial charge on any atom is 0.274 e. The first-order valence-electron chi connectivity index (χ1n) is 5.87. The minimum absolute atomic E-state index is 0.0409. The molecular weight excluding hydrogens is 246 g/mol. The SMILES string of the molecule is CC(C)C(C#N)C(=O)NCc1ccccc1[N+](=O)[O-]. The van der Waals surface area contributed by atoms with Crippen molar-refractivity contribution in [2.24, 2.45) is 11.8 Å². The highest BCUT2D eigenvalue weighted by atomic mass is 16.6. The van der Waals surface area contributed by atoms with E-state index in [0.717, 1.165) is 0 Å². The van der Waals surface area contributed by atoms with Crippen molar-refractivity contribution < 1.29 is 9.72 Å². The average Bonchev–Trinajstić information content (AvgIpc) is 2.37. The van der Waals surface area contributed by atoms with E-state index < -0.39 is 16.7 Å². The van der Waals surface area contributed by atoms with Gasteiger partial charge in [0.2, 0.25) is 5.91 Å². The van der Waals surface area contributed by atoms with E-state index in [9.17, 15) is 14.9 Å². The van der Waals surface area contributed by atoms with Crippen LogP contribution in [-0.4, -0.2) is 10.8 Å². The fourth-order valence-corrected chi connectivity index (χ4v) is 1.64. The van der Waals surface area contributed by atoms with E-state index in [0.29, 0.717) is 5.56 Å². The van der Waals surface area contributed by atoms with Gasteiger partial charge < -0.3 is 5.32 Å². The third-order valence-electron chi connectivity index (χ3n) is 2.73. The molecular formula is C13H15N3O3. The smallest absolute Gasteiger partial charge is 0.274 e. The normalized spacial score (nSPS) is 11.7. The maximum absolute atomic E-state index is 11.8. The van der Waals surface area contributed by atoms with Crippen molar-refractivity contribution in [1.82, 2.24) is 5.32 Å². The summed E-state index contributed by atoms with van der Waals surface area (Å²) in [6, 6.07) is 8.12. The molecule has 0 aliphatic carbocycles. The zero-order chi connectivity index (χ0) is 14.4. The largest absolute Gasteiger partial charge is 0.351 e. The third-order valence-corrected chi connectivity index (χ3v) is 2.73. The van der Waals surface area contributed by atoms with Gasteiger partial charge in [0.05, 0.1) is 11.0 Å². The predicted octanol–water partition coefficient (Wildman–Crippen LogP) is 2.01. The molecule has 0 bridgehead atoms. The van der Waals surface area contributed by atoms with E-state index in [4.69, 9.17) is 5.26 Å². The molecule has 19 heavy (non-hydrogen) atoms. The molecule has 1 aromatic rings. The van der Waals surface area contributed by atoms with E-state index in [1.165, 1.54) is 6.07 Å². The number of rotatable bonds is 5. The Morgan fingerprint density at radius 1 is 1.47 bits per heavy atom. The Hall–Kier alpha value is -2.42. The summed E-state index contributed by atoms with van der Waals surface area (Å²) >= 11 is 0. The van der Waals surface area contributed by atoms with Crippen LogP contribution in [0, 0.1) is 33.3 Å². The molecule has 6 nitrogen and oxygen atoms in total. The molecule has 0 heterocycles. The lowest BCUT2D eigenvalue weighted by Gasteiger charge is -2.13. The van der Waals surface area contributed by atoms with Crippen LogP contribution < -0.4 is 5.32 Å². The van der Waals surface area contributed by atoms with Crippen molar-refractivity contribution in [3.8, 4) is 6.07 Å². The zero-order valence-corrected chi connectivity index (χ0v) is 10.8. The highest BCUT2D eigenvalue weighted by Gasteiger charge is 2.22. The minimum Gasteiger partial charge on any atom is -0.351 e. The monoisotopic (exact) mass is 261 g/mol. The number of nitrogens with zero attached hydrogens (tertiary/aromatic N) is 2. The molecule has 1 aromatic carbocycles. The van der Waals surface area contributed by atoms with Crippen molar-refractivity contribution >= 4 is 11.6 Å². The number of benzene rings is 1. The second-order valence-corrected chi connectivity index (χ2v) is 4.45. The van der Waals surface area contributed by atoms with Crippen LogP contribution in [0.1, 0.15) is 19.4 Å². The summed E-state index contributed by atoms with van der Waals surface area (Å²) in [5.41, 5.74) is 0.377. The Bertz CT molecular complexity index is 520. The van der Waals surface area contributed by atoms with Crippen molar-refractivity contribution in [2.45, 2.75) is 20.4 Å². The van der Waals surface area contributed by atoms with Gasteiger partial charge in [-0.1, -0.05) is 32.0 Å². The molecule has 1 rings (SSSR count). The van der Waals surface area contributed by atoms with Gasteiger partial charge in [0.1, 0.15) is 5.92 Å². The van der Waals surface area contributed by atoms with Crippen LogP contribution in [0.5, 0.6) is 0 Å².